The predicted molar refractivity (Wildman–Crippen MR) is 125 cm³/mol. The van der Waals surface area contributed by atoms with Crippen LogP contribution < -0.4 is 0 Å². The molecule has 0 spiro atoms. The zero-order valence-corrected chi connectivity index (χ0v) is 19.1. The van der Waals surface area contributed by atoms with Crippen LogP contribution in [0.3, 0.4) is 0 Å². The summed E-state index contributed by atoms with van der Waals surface area (Å²) in [5.41, 5.74) is 2.03. The summed E-state index contributed by atoms with van der Waals surface area (Å²) >= 11 is 0. The van der Waals surface area contributed by atoms with E-state index in [4.69, 9.17) is 0 Å². The summed E-state index contributed by atoms with van der Waals surface area (Å²) in [6, 6.07) is -0.237. The molecule has 4 rings (SSSR count). The third-order valence-electron chi connectivity index (χ3n) is 7.61. The average Bonchev–Trinajstić information content (AvgIpc) is 3.23. The van der Waals surface area contributed by atoms with Crippen molar-refractivity contribution in [2.24, 2.45) is 23.7 Å². The molecule has 0 bridgehead atoms. The summed E-state index contributed by atoms with van der Waals surface area (Å²) in [4.78, 5) is 15.5. The highest BCUT2D eigenvalue weighted by molar-refractivity contribution is 5.85. The summed E-state index contributed by atoms with van der Waals surface area (Å²) in [6.45, 7) is 5.97. The fourth-order valence-electron chi connectivity index (χ4n) is 6.13. The predicted octanol–water partition coefficient (Wildman–Crippen LogP) is 3.07. The van der Waals surface area contributed by atoms with Gasteiger partial charge in [-0.2, -0.15) is 0 Å². The lowest BCUT2D eigenvalue weighted by molar-refractivity contribution is -0.132. The minimum Gasteiger partial charge on any atom is -0.391 e. The molecule has 32 heavy (non-hydrogen) atoms. The molecule has 1 amide bonds. The van der Waals surface area contributed by atoms with Gasteiger partial charge in [-0.3, -0.25) is 4.79 Å². The molecule has 2 heterocycles. The molecule has 2 saturated heterocycles. The number of hydrogen-bond donors (Lipinski definition) is 3. The van der Waals surface area contributed by atoms with E-state index < -0.39 is 18.3 Å². The van der Waals surface area contributed by atoms with E-state index >= 15 is 0 Å². The Morgan fingerprint density at radius 1 is 1.06 bits per heavy atom. The molecular formula is C27H35NO4. The number of aliphatic hydroxyl groups is 3. The first kappa shape index (κ1) is 23.0. The Labute approximate surface area is 190 Å². The standard InChI is InChI=1S/C27H35NO4/c1-4-5-6-7-10-19-15-22(30)25-24-17(3)14-18-12-13-21(29)26(31)23(18)16(2)9-8-11-20(24)27(32)28(19)25/h4-9,11-14,18-26,29-31H,10,15H2,1-3H3/b5-4+,7-6+,11-8-,16-9+,17-14+/t18?,19?,20?,21-,22+,23?,24?,25?,26-/m1/s1. The van der Waals surface area contributed by atoms with E-state index in [1.165, 1.54) is 0 Å². The minimum atomic E-state index is -0.885. The summed E-state index contributed by atoms with van der Waals surface area (Å²) in [5.74, 6) is -0.626. The van der Waals surface area contributed by atoms with Gasteiger partial charge in [0.25, 0.3) is 0 Å². The van der Waals surface area contributed by atoms with Crippen molar-refractivity contribution in [3.05, 3.63) is 71.9 Å². The monoisotopic (exact) mass is 437 g/mol. The largest absolute Gasteiger partial charge is 0.391 e. The number of carbonyl (C=O) groups is 1. The number of carbonyl (C=O) groups excluding carboxylic acids is 1. The van der Waals surface area contributed by atoms with Crippen LogP contribution in [0, 0.1) is 23.7 Å². The van der Waals surface area contributed by atoms with Crippen molar-refractivity contribution in [3.63, 3.8) is 0 Å². The lowest BCUT2D eigenvalue weighted by Crippen LogP contribution is -2.40. The molecule has 0 saturated carbocycles. The maximum atomic E-state index is 13.5. The van der Waals surface area contributed by atoms with E-state index in [1.807, 2.05) is 68.2 Å². The second-order valence-electron chi connectivity index (χ2n) is 9.61. The van der Waals surface area contributed by atoms with E-state index in [9.17, 15) is 20.1 Å². The maximum Gasteiger partial charge on any atom is 0.230 e. The van der Waals surface area contributed by atoms with Crippen LogP contribution >= 0.6 is 0 Å². The van der Waals surface area contributed by atoms with Crippen molar-refractivity contribution in [2.75, 3.05) is 0 Å². The highest BCUT2D eigenvalue weighted by Crippen LogP contribution is 2.47. The molecule has 6 unspecified atom stereocenters. The van der Waals surface area contributed by atoms with E-state index in [2.05, 4.69) is 12.2 Å². The van der Waals surface area contributed by atoms with Crippen LogP contribution in [-0.2, 0) is 4.79 Å². The zero-order valence-electron chi connectivity index (χ0n) is 19.1. The number of allylic oxidation sites excluding steroid dienone is 7. The van der Waals surface area contributed by atoms with E-state index in [0.717, 1.165) is 17.6 Å². The Kier molecular flexibility index (Phi) is 6.70. The summed E-state index contributed by atoms with van der Waals surface area (Å²) < 4.78 is 0. The first-order valence-corrected chi connectivity index (χ1v) is 11.7. The van der Waals surface area contributed by atoms with Gasteiger partial charge in [0.05, 0.1) is 30.3 Å². The van der Waals surface area contributed by atoms with Crippen LogP contribution in [0.15, 0.2) is 71.9 Å². The van der Waals surface area contributed by atoms with E-state index in [-0.39, 0.29) is 41.7 Å². The van der Waals surface area contributed by atoms with Crippen LogP contribution in [0.25, 0.3) is 0 Å². The fourth-order valence-corrected chi connectivity index (χ4v) is 6.13. The molecule has 0 aromatic rings. The van der Waals surface area contributed by atoms with Crippen molar-refractivity contribution < 1.29 is 20.1 Å². The van der Waals surface area contributed by atoms with Gasteiger partial charge in [-0.15, -0.1) is 0 Å². The van der Waals surface area contributed by atoms with Gasteiger partial charge < -0.3 is 20.2 Å². The first-order valence-electron chi connectivity index (χ1n) is 11.7. The minimum absolute atomic E-state index is 0.000549. The Balaban J connectivity index is 1.71. The van der Waals surface area contributed by atoms with Crippen molar-refractivity contribution in [2.45, 2.75) is 64.0 Å². The van der Waals surface area contributed by atoms with Crippen molar-refractivity contribution in [1.29, 1.82) is 0 Å². The second kappa shape index (κ2) is 9.34. The normalized spacial score (nSPS) is 45.9. The van der Waals surface area contributed by atoms with Gasteiger partial charge >= 0.3 is 0 Å². The molecular weight excluding hydrogens is 402 g/mol. The molecule has 9 atom stereocenters. The van der Waals surface area contributed by atoms with Crippen LogP contribution in [0.5, 0.6) is 0 Å². The number of fused-ring (bicyclic) bond motifs is 4. The van der Waals surface area contributed by atoms with Crippen LogP contribution in [-0.4, -0.2) is 56.5 Å². The topological polar surface area (TPSA) is 81.0 Å². The van der Waals surface area contributed by atoms with E-state index in [0.29, 0.717) is 6.42 Å². The molecule has 5 nitrogen and oxygen atoms in total. The summed E-state index contributed by atoms with van der Waals surface area (Å²) in [5, 5.41) is 31.8. The molecule has 5 heteroatoms. The zero-order chi connectivity index (χ0) is 23.0. The summed E-state index contributed by atoms with van der Waals surface area (Å²) in [7, 11) is 0. The maximum absolute atomic E-state index is 13.5. The molecule has 4 aliphatic rings. The van der Waals surface area contributed by atoms with Crippen LogP contribution in [0.2, 0.25) is 0 Å². The highest BCUT2D eigenvalue weighted by Gasteiger charge is 2.56. The molecule has 2 fully saturated rings. The molecule has 0 radical (unpaired) electrons. The quantitative estimate of drug-likeness (QED) is 0.468. The summed E-state index contributed by atoms with van der Waals surface area (Å²) in [6.07, 6.45) is 18.6. The first-order chi connectivity index (χ1) is 15.3. The average molecular weight is 438 g/mol. The van der Waals surface area contributed by atoms with Crippen molar-refractivity contribution in [1.82, 2.24) is 4.90 Å². The Bertz CT molecular complexity index is 911. The molecule has 2 aliphatic carbocycles. The van der Waals surface area contributed by atoms with Crippen molar-refractivity contribution >= 4 is 5.91 Å². The Hall–Kier alpha value is -2.21. The van der Waals surface area contributed by atoms with Crippen LogP contribution in [0.4, 0.5) is 0 Å². The third kappa shape index (κ3) is 3.98. The highest BCUT2D eigenvalue weighted by atomic mass is 16.3. The molecule has 172 valence electrons. The SMILES string of the molecule is C/C=C/C=C/CC1C[C@H](O)C2C3/C(C)=C/C4C=C[C@@H](O)[C@@H](O)C4/C(C)=C/C=C\C3C(=O)N12. The van der Waals surface area contributed by atoms with Crippen LogP contribution in [0.1, 0.15) is 33.6 Å². The van der Waals surface area contributed by atoms with Gasteiger partial charge in [0.15, 0.2) is 0 Å². The Morgan fingerprint density at radius 3 is 2.59 bits per heavy atom. The lowest BCUT2D eigenvalue weighted by atomic mass is 9.73. The third-order valence-corrected chi connectivity index (χ3v) is 7.61. The number of nitrogens with zero attached hydrogens (tertiary/aromatic N) is 1. The van der Waals surface area contributed by atoms with Crippen molar-refractivity contribution in [3.8, 4) is 0 Å². The lowest BCUT2D eigenvalue weighted by Gasteiger charge is -2.35. The van der Waals surface area contributed by atoms with Gasteiger partial charge in [-0.25, -0.2) is 0 Å². The van der Waals surface area contributed by atoms with Gasteiger partial charge in [-0.1, -0.05) is 71.9 Å². The molecule has 2 aliphatic heterocycles. The van der Waals surface area contributed by atoms with E-state index in [1.54, 1.807) is 6.08 Å². The van der Waals surface area contributed by atoms with Gasteiger partial charge in [0.1, 0.15) is 0 Å². The number of amides is 1. The van der Waals surface area contributed by atoms with Gasteiger partial charge in [0.2, 0.25) is 5.91 Å². The molecule has 0 aromatic heterocycles. The number of aliphatic hydroxyl groups excluding tert-OH is 3. The van der Waals surface area contributed by atoms with Gasteiger partial charge in [0, 0.05) is 23.8 Å². The molecule has 0 aromatic carbocycles. The second-order valence-corrected chi connectivity index (χ2v) is 9.61. The smallest absolute Gasteiger partial charge is 0.230 e. The Morgan fingerprint density at radius 2 is 1.84 bits per heavy atom. The number of rotatable bonds is 3. The fraction of sp³-hybridized carbons (Fsp3) is 0.519. The number of hydrogen-bond acceptors (Lipinski definition) is 4. The molecule has 3 N–H and O–H groups in total. The van der Waals surface area contributed by atoms with Gasteiger partial charge in [-0.05, 0) is 33.6 Å².